The number of benzene rings is 1. The molecule has 170 valence electrons. The zero-order valence-corrected chi connectivity index (χ0v) is 19.0. The molecule has 1 fully saturated rings. The molecule has 1 atom stereocenters. The van der Waals surface area contributed by atoms with Crippen LogP contribution in [0, 0.1) is 5.82 Å². The summed E-state index contributed by atoms with van der Waals surface area (Å²) in [4.78, 5) is 18.8. The van der Waals surface area contributed by atoms with Crippen LogP contribution in [0.1, 0.15) is 18.0 Å². The van der Waals surface area contributed by atoms with E-state index in [1.165, 1.54) is 30.8 Å². The number of aromatic nitrogens is 3. The molecule has 0 saturated carbocycles. The van der Waals surface area contributed by atoms with E-state index in [1.807, 2.05) is 6.07 Å². The number of nitrogens with zero attached hydrogens (tertiary/aromatic N) is 4. The predicted molar refractivity (Wildman–Crippen MR) is 125 cm³/mol. The van der Waals surface area contributed by atoms with Gasteiger partial charge in [-0.2, -0.15) is 5.10 Å². The van der Waals surface area contributed by atoms with E-state index in [2.05, 4.69) is 16.7 Å². The summed E-state index contributed by atoms with van der Waals surface area (Å²) in [5.41, 5.74) is 8.65. The maximum absolute atomic E-state index is 15.0. The highest BCUT2D eigenvalue weighted by molar-refractivity contribution is 7.22. The maximum atomic E-state index is 15.0. The lowest BCUT2D eigenvalue weighted by molar-refractivity contribution is -0.125. The molecule has 2 N–H and O–H groups in total. The highest BCUT2D eigenvalue weighted by Crippen LogP contribution is 2.45. The minimum atomic E-state index is -0.446. The second-order valence-corrected chi connectivity index (χ2v) is 8.86. The van der Waals surface area contributed by atoms with Crippen LogP contribution in [0.25, 0.3) is 26.0 Å². The zero-order chi connectivity index (χ0) is 23.3. The average molecular weight is 468 g/mol. The van der Waals surface area contributed by atoms with E-state index < -0.39 is 5.82 Å². The molecule has 10 heteroatoms. The smallest absolute Gasteiger partial charge is 0.245 e. The van der Waals surface area contributed by atoms with E-state index >= 15 is 4.39 Å². The lowest BCUT2D eigenvalue weighted by atomic mass is 10.0. The lowest BCUT2D eigenvalue weighted by Crippen LogP contribution is -2.26. The average Bonchev–Trinajstić information content (AvgIpc) is 3.56. The Morgan fingerprint density at radius 3 is 2.82 bits per heavy atom. The van der Waals surface area contributed by atoms with Crippen molar-refractivity contribution in [1.29, 1.82) is 0 Å². The predicted octanol–water partition coefficient (Wildman–Crippen LogP) is 3.85. The number of fused-ring (bicyclic) bond motifs is 2. The molecule has 1 aromatic carbocycles. The van der Waals surface area contributed by atoms with Crippen molar-refractivity contribution in [1.82, 2.24) is 19.5 Å². The summed E-state index contributed by atoms with van der Waals surface area (Å²) < 4.78 is 28.1. The van der Waals surface area contributed by atoms with Gasteiger partial charge in [0.1, 0.15) is 17.6 Å². The van der Waals surface area contributed by atoms with E-state index in [4.69, 9.17) is 15.2 Å². The fraction of sp³-hybridized carbons (Fsp3) is 0.261. The van der Waals surface area contributed by atoms with Crippen LogP contribution in [0.4, 0.5) is 10.2 Å². The normalized spacial score (nSPS) is 16.0. The summed E-state index contributed by atoms with van der Waals surface area (Å²) in [6.45, 7) is 4.79. The Balaban J connectivity index is 1.68. The molecule has 33 heavy (non-hydrogen) atoms. The van der Waals surface area contributed by atoms with Crippen LogP contribution in [0.15, 0.2) is 37.2 Å². The van der Waals surface area contributed by atoms with Crippen molar-refractivity contribution in [3.63, 3.8) is 0 Å². The van der Waals surface area contributed by atoms with Crippen molar-refractivity contribution < 1.29 is 18.7 Å². The molecule has 8 nitrogen and oxygen atoms in total. The van der Waals surface area contributed by atoms with Crippen molar-refractivity contribution >= 4 is 38.7 Å². The topological polar surface area (TPSA) is 95.0 Å². The van der Waals surface area contributed by atoms with Gasteiger partial charge in [0.2, 0.25) is 5.91 Å². The minimum Gasteiger partial charge on any atom is -0.495 e. The Morgan fingerprint density at radius 2 is 2.09 bits per heavy atom. The van der Waals surface area contributed by atoms with E-state index in [9.17, 15) is 4.79 Å². The van der Waals surface area contributed by atoms with Crippen molar-refractivity contribution in [2.45, 2.75) is 12.3 Å². The summed E-state index contributed by atoms with van der Waals surface area (Å²) in [5, 5.41) is 4.85. The quantitative estimate of drug-likeness (QED) is 0.448. The van der Waals surface area contributed by atoms with Gasteiger partial charge in [-0.3, -0.25) is 4.79 Å². The molecule has 5 rings (SSSR count). The molecule has 1 amide bonds. The third kappa shape index (κ3) is 3.29. The van der Waals surface area contributed by atoms with Gasteiger partial charge in [0.25, 0.3) is 0 Å². The Morgan fingerprint density at radius 1 is 1.30 bits per heavy atom. The lowest BCUT2D eigenvalue weighted by Gasteiger charge is -2.14. The number of hydrogen-bond acceptors (Lipinski definition) is 7. The summed E-state index contributed by atoms with van der Waals surface area (Å²) in [6.07, 6.45) is 3.54. The van der Waals surface area contributed by atoms with Crippen molar-refractivity contribution in [2.24, 2.45) is 0 Å². The van der Waals surface area contributed by atoms with Crippen LogP contribution < -0.4 is 15.2 Å². The number of rotatable bonds is 5. The van der Waals surface area contributed by atoms with Gasteiger partial charge in [0.05, 0.1) is 18.9 Å². The first-order valence-corrected chi connectivity index (χ1v) is 11.2. The number of thiophene rings is 1. The van der Waals surface area contributed by atoms with Gasteiger partial charge in [-0.05, 0) is 24.6 Å². The summed E-state index contributed by atoms with van der Waals surface area (Å²) in [7, 11) is 2.96. The third-order valence-electron chi connectivity index (χ3n) is 6.08. The summed E-state index contributed by atoms with van der Waals surface area (Å²) in [5.74, 6) is 0.511. The Bertz CT molecular complexity index is 1410. The van der Waals surface area contributed by atoms with E-state index in [0.717, 1.165) is 22.6 Å². The number of ether oxygens (including phenoxy) is 2. The van der Waals surface area contributed by atoms with E-state index in [-0.39, 0.29) is 17.6 Å². The zero-order valence-electron chi connectivity index (χ0n) is 18.2. The highest BCUT2D eigenvalue weighted by Gasteiger charge is 2.30. The molecule has 3 aromatic heterocycles. The van der Waals surface area contributed by atoms with Crippen LogP contribution in [0.5, 0.6) is 11.5 Å². The molecule has 0 unspecified atom stereocenters. The molecule has 4 heterocycles. The number of halogens is 1. The van der Waals surface area contributed by atoms with Crippen molar-refractivity contribution in [2.75, 3.05) is 33.0 Å². The number of carbonyl (C=O) groups is 1. The highest BCUT2D eigenvalue weighted by atomic mass is 32.1. The summed E-state index contributed by atoms with van der Waals surface area (Å²) >= 11 is 1.40. The van der Waals surface area contributed by atoms with Crippen molar-refractivity contribution in [3.8, 4) is 21.9 Å². The number of anilines is 1. The van der Waals surface area contributed by atoms with Gasteiger partial charge in [-0.15, -0.1) is 11.3 Å². The van der Waals surface area contributed by atoms with Crippen LogP contribution in [0.2, 0.25) is 0 Å². The Labute approximate surface area is 193 Å². The number of amides is 1. The van der Waals surface area contributed by atoms with Gasteiger partial charge in [0, 0.05) is 46.6 Å². The number of methoxy groups -OCH3 is 2. The van der Waals surface area contributed by atoms with E-state index in [0.29, 0.717) is 40.3 Å². The van der Waals surface area contributed by atoms with E-state index in [1.54, 1.807) is 28.7 Å². The molecule has 4 aromatic rings. The second kappa shape index (κ2) is 8.04. The van der Waals surface area contributed by atoms with Gasteiger partial charge in [-0.1, -0.05) is 6.58 Å². The molecule has 0 aliphatic carbocycles. The molecule has 1 saturated heterocycles. The number of nitrogen functional groups attached to an aromatic ring is 1. The molecule has 0 spiro atoms. The Kier molecular flexibility index (Phi) is 5.16. The summed E-state index contributed by atoms with van der Waals surface area (Å²) in [6, 6.07) is 5.33. The number of carbonyl (C=O) groups excluding carboxylic acids is 1. The van der Waals surface area contributed by atoms with Gasteiger partial charge < -0.3 is 20.1 Å². The molecular weight excluding hydrogens is 445 g/mol. The van der Waals surface area contributed by atoms with Crippen LogP contribution >= 0.6 is 11.3 Å². The first-order valence-electron chi connectivity index (χ1n) is 10.3. The molecule has 0 bridgehead atoms. The first kappa shape index (κ1) is 21.2. The van der Waals surface area contributed by atoms with Crippen molar-refractivity contribution in [3.05, 3.63) is 48.7 Å². The minimum absolute atomic E-state index is 0.0743. The second-order valence-electron chi connectivity index (χ2n) is 7.81. The fourth-order valence-corrected chi connectivity index (χ4v) is 5.62. The van der Waals surface area contributed by atoms with Crippen LogP contribution in [0.3, 0.4) is 0 Å². The van der Waals surface area contributed by atoms with Gasteiger partial charge in [0.15, 0.2) is 17.4 Å². The number of nitrogens with two attached hydrogens (primary N) is 1. The SMILES string of the molecule is C=CC(=O)N1CC[C@H](c2cc(-c3cc4c(F)c(OC)cc(OC)c4s3)c3c(N)ncnn23)C1. The van der Waals surface area contributed by atoms with Crippen LogP contribution in [-0.2, 0) is 4.79 Å². The van der Waals surface area contributed by atoms with Gasteiger partial charge in [-0.25, -0.2) is 13.9 Å². The molecular formula is C23H22FN5O3S. The monoisotopic (exact) mass is 467 g/mol. The molecule has 0 radical (unpaired) electrons. The molecule has 1 aliphatic rings. The van der Waals surface area contributed by atoms with Gasteiger partial charge >= 0.3 is 0 Å². The third-order valence-corrected chi connectivity index (χ3v) is 7.26. The number of hydrogen-bond donors (Lipinski definition) is 1. The molecule has 1 aliphatic heterocycles. The number of likely N-dealkylation sites (tertiary alicyclic amines) is 1. The largest absolute Gasteiger partial charge is 0.495 e. The fourth-order valence-electron chi connectivity index (χ4n) is 4.45. The standard InChI is InChI=1S/C23H22FN5O3S/c1-4-19(30)28-6-5-12(10-28)15-7-13(21-23(25)26-11-27-29(15)21)18-8-14-20(24)16(31-2)9-17(32-3)22(14)33-18/h4,7-9,11-12H,1,5-6,10H2,2-3H3,(H2,25,26,27)/t12-/m0/s1. The first-order chi connectivity index (χ1) is 16.0. The maximum Gasteiger partial charge on any atom is 0.245 e. The van der Waals surface area contributed by atoms with Crippen LogP contribution in [-0.4, -0.2) is 52.7 Å². The Hall–Kier alpha value is -3.66.